The minimum absolute atomic E-state index is 0. The minimum atomic E-state index is 0. The molecule has 0 aromatic heterocycles. The topological polar surface area (TPSA) is 39.7 Å². The molecule has 18 heavy (non-hydrogen) atoms. The summed E-state index contributed by atoms with van der Waals surface area (Å²) in [5.74, 6) is 0.926. The van der Waals surface area contributed by atoms with Crippen molar-refractivity contribution >= 4 is 29.9 Å². The summed E-state index contributed by atoms with van der Waals surface area (Å²) in [7, 11) is 0. The molecular formula is C13H31IN4. The summed E-state index contributed by atoms with van der Waals surface area (Å²) in [6.45, 7) is 15.8. The minimum Gasteiger partial charge on any atom is -0.357 e. The van der Waals surface area contributed by atoms with Crippen molar-refractivity contribution in [3.8, 4) is 0 Å². The van der Waals surface area contributed by atoms with Crippen LogP contribution in [0.25, 0.3) is 0 Å². The molecule has 0 bridgehead atoms. The maximum absolute atomic E-state index is 4.58. The number of aliphatic imine (C=N–C) groups is 1. The highest BCUT2D eigenvalue weighted by Gasteiger charge is 2.01. The maximum atomic E-state index is 4.58. The summed E-state index contributed by atoms with van der Waals surface area (Å²) < 4.78 is 0. The van der Waals surface area contributed by atoms with Gasteiger partial charge in [-0.25, -0.2) is 0 Å². The van der Waals surface area contributed by atoms with Crippen LogP contribution in [0.2, 0.25) is 0 Å². The Labute approximate surface area is 130 Å². The lowest BCUT2D eigenvalue weighted by molar-refractivity contribution is 0.297. The molecule has 0 atom stereocenters. The monoisotopic (exact) mass is 370 g/mol. The molecule has 0 aliphatic heterocycles. The summed E-state index contributed by atoms with van der Waals surface area (Å²) >= 11 is 0. The molecule has 0 aliphatic rings. The Morgan fingerprint density at radius 3 is 2.28 bits per heavy atom. The van der Waals surface area contributed by atoms with E-state index in [4.69, 9.17) is 0 Å². The van der Waals surface area contributed by atoms with Crippen molar-refractivity contribution < 1.29 is 0 Å². The van der Waals surface area contributed by atoms with E-state index in [9.17, 15) is 0 Å². The molecule has 4 nitrogen and oxygen atoms in total. The van der Waals surface area contributed by atoms with Crippen molar-refractivity contribution in [3.63, 3.8) is 0 Å². The number of nitrogens with zero attached hydrogens (tertiary/aromatic N) is 2. The van der Waals surface area contributed by atoms with Gasteiger partial charge >= 0.3 is 0 Å². The first-order valence-corrected chi connectivity index (χ1v) is 6.91. The van der Waals surface area contributed by atoms with E-state index in [0.717, 1.165) is 32.1 Å². The van der Waals surface area contributed by atoms with Crippen LogP contribution in [-0.4, -0.2) is 49.6 Å². The van der Waals surface area contributed by atoms with E-state index in [2.05, 4.69) is 55.1 Å². The average molecular weight is 370 g/mol. The second-order valence-corrected chi connectivity index (χ2v) is 4.49. The van der Waals surface area contributed by atoms with Crippen LogP contribution in [0.1, 0.15) is 41.0 Å². The zero-order valence-electron chi connectivity index (χ0n) is 12.6. The normalized spacial score (nSPS) is 11.6. The standard InChI is InChI=1S/C13H30N4.HI/c1-6-10-17(8-3)11-9-15-13(14-7-2)16-12(4)5;/h12H,6-11H2,1-5H3,(H2,14,15,16);1H. The Hall–Kier alpha value is -0.0400. The van der Waals surface area contributed by atoms with Gasteiger partial charge in [0.15, 0.2) is 5.96 Å². The number of nitrogens with one attached hydrogen (secondary N) is 2. The van der Waals surface area contributed by atoms with Crippen molar-refractivity contribution in [2.75, 3.05) is 32.7 Å². The summed E-state index contributed by atoms with van der Waals surface area (Å²) in [6.07, 6.45) is 1.21. The van der Waals surface area contributed by atoms with E-state index in [1.807, 2.05) is 0 Å². The fraction of sp³-hybridized carbons (Fsp3) is 0.923. The van der Waals surface area contributed by atoms with Crippen LogP contribution >= 0.6 is 24.0 Å². The van der Waals surface area contributed by atoms with Gasteiger partial charge in [0.2, 0.25) is 0 Å². The van der Waals surface area contributed by atoms with Crippen molar-refractivity contribution in [1.29, 1.82) is 0 Å². The van der Waals surface area contributed by atoms with Crippen LogP contribution in [0.3, 0.4) is 0 Å². The predicted molar refractivity (Wildman–Crippen MR) is 92.1 cm³/mol. The summed E-state index contributed by atoms with van der Waals surface area (Å²) in [5.41, 5.74) is 0. The van der Waals surface area contributed by atoms with Crippen LogP contribution in [0, 0.1) is 0 Å². The van der Waals surface area contributed by atoms with Gasteiger partial charge in [-0.15, -0.1) is 24.0 Å². The van der Waals surface area contributed by atoms with Crippen molar-refractivity contribution in [2.24, 2.45) is 4.99 Å². The molecule has 0 fully saturated rings. The molecule has 0 aromatic rings. The highest BCUT2D eigenvalue weighted by Crippen LogP contribution is 1.90. The molecular weight excluding hydrogens is 339 g/mol. The molecule has 0 radical (unpaired) electrons. The zero-order chi connectivity index (χ0) is 13.1. The van der Waals surface area contributed by atoms with E-state index >= 15 is 0 Å². The second kappa shape index (κ2) is 13.4. The fourth-order valence-electron chi connectivity index (χ4n) is 1.64. The Kier molecular flexibility index (Phi) is 15.1. The van der Waals surface area contributed by atoms with E-state index in [1.54, 1.807) is 0 Å². The van der Waals surface area contributed by atoms with Crippen molar-refractivity contribution in [1.82, 2.24) is 15.5 Å². The van der Waals surface area contributed by atoms with E-state index in [0.29, 0.717) is 6.04 Å². The van der Waals surface area contributed by atoms with Gasteiger partial charge in [-0.2, -0.15) is 0 Å². The molecule has 0 spiro atoms. The van der Waals surface area contributed by atoms with Crippen LogP contribution < -0.4 is 10.6 Å². The Bertz CT molecular complexity index is 207. The first kappa shape index (κ1) is 20.3. The Balaban J connectivity index is 0. The maximum Gasteiger partial charge on any atom is 0.191 e. The highest BCUT2D eigenvalue weighted by atomic mass is 127. The quantitative estimate of drug-likeness (QED) is 0.391. The van der Waals surface area contributed by atoms with Crippen LogP contribution in [-0.2, 0) is 0 Å². The summed E-state index contributed by atoms with van der Waals surface area (Å²) in [4.78, 5) is 7.01. The number of likely N-dealkylation sites (N-methyl/N-ethyl adjacent to an activating group) is 1. The molecule has 2 N–H and O–H groups in total. The van der Waals surface area contributed by atoms with Crippen molar-refractivity contribution in [2.45, 2.75) is 47.1 Å². The number of guanidine groups is 1. The van der Waals surface area contributed by atoms with Gasteiger partial charge in [0.05, 0.1) is 6.54 Å². The fourth-order valence-corrected chi connectivity index (χ4v) is 1.64. The van der Waals surface area contributed by atoms with Gasteiger partial charge in [0.25, 0.3) is 0 Å². The first-order valence-electron chi connectivity index (χ1n) is 6.91. The van der Waals surface area contributed by atoms with Gasteiger partial charge in [-0.1, -0.05) is 13.8 Å². The third-order valence-electron chi connectivity index (χ3n) is 2.44. The Morgan fingerprint density at radius 2 is 1.83 bits per heavy atom. The zero-order valence-corrected chi connectivity index (χ0v) is 15.0. The van der Waals surface area contributed by atoms with Gasteiger partial charge < -0.3 is 15.5 Å². The van der Waals surface area contributed by atoms with Crippen LogP contribution in [0.5, 0.6) is 0 Å². The average Bonchev–Trinajstić information content (AvgIpc) is 2.27. The molecule has 110 valence electrons. The van der Waals surface area contributed by atoms with Gasteiger partial charge in [0.1, 0.15) is 0 Å². The first-order chi connectivity index (χ1) is 8.13. The third kappa shape index (κ3) is 11.1. The van der Waals surface area contributed by atoms with Crippen LogP contribution in [0.15, 0.2) is 4.99 Å². The van der Waals surface area contributed by atoms with E-state index < -0.39 is 0 Å². The van der Waals surface area contributed by atoms with E-state index in [-0.39, 0.29) is 24.0 Å². The molecule has 0 heterocycles. The molecule has 0 rings (SSSR count). The van der Waals surface area contributed by atoms with E-state index in [1.165, 1.54) is 13.0 Å². The number of rotatable bonds is 8. The molecule has 0 saturated carbocycles. The Morgan fingerprint density at radius 1 is 1.17 bits per heavy atom. The summed E-state index contributed by atoms with van der Waals surface area (Å²) in [5, 5.41) is 6.58. The largest absolute Gasteiger partial charge is 0.357 e. The SMILES string of the molecule is CCCN(CC)CCN=C(NCC)NC(C)C.I. The molecule has 0 unspecified atom stereocenters. The van der Waals surface area contributed by atoms with Gasteiger partial charge in [-0.05, 0) is 40.3 Å². The number of hydrogen-bond donors (Lipinski definition) is 2. The third-order valence-corrected chi connectivity index (χ3v) is 2.44. The lowest BCUT2D eigenvalue weighted by atomic mass is 10.4. The second-order valence-electron chi connectivity index (χ2n) is 4.49. The van der Waals surface area contributed by atoms with Crippen molar-refractivity contribution in [3.05, 3.63) is 0 Å². The predicted octanol–water partition coefficient (Wildman–Crippen LogP) is 2.30. The lowest BCUT2D eigenvalue weighted by Crippen LogP contribution is -2.41. The molecule has 0 aromatic carbocycles. The van der Waals surface area contributed by atoms with Gasteiger partial charge in [0, 0.05) is 19.1 Å². The number of halogens is 1. The smallest absolute Gasteiger partial charge is 0.191 e. The lowest BCUT2D eigenvalue weighted by Gasteiger charge is -2.19. The molecule has 5 heteroatoms. The molecule has 0 saturated heterocycles. The molecule has 0 amide bonds. The number of hydrogen-bond acceptors (Lipinski definition) is 2. The highest BCUT2D eigenvalue weighted by molar-refractivity contribution is 14.0. The van der Waals surface area contributed by atoms with Crippen LogP contribution in [0.4, 0.5) is 0 Å². The molecule has 0 aliphatic carbocycles. The summed E-state index contributed by atoms with van der Waals surface area (Å²) in [6, 6.07) is 0.422. The van der Waals surface area contributed by atoms with Gasteiger partial charge in [-0.3, -0.25) is 4.99 Å².